The van der Waals surface area contributed by atoms with E-state index in [1.54, 1.807) is 31.1 Å². The third-order valence-electron chi connectivity index (χ3n) is 5.98. The molecule has 1 aliphatic heterocycles. The molecule has 3 rings (SSSR count). The average Bonchev–Trinajstić information content (AvgIpc) is 3.27. The van der Waals surface area contributed by atoms with Crippen molar-refractivity contribution >= 4 is 17.5 Å². The fourth-order valence-corrected chi connectivity index (χ4v) is 4.01. The molecule has 0 spiro atoms. The zero-order valence-corrected chi connectivity index (χ0v) is 20.2. The minimum Gasteiger partial charge on any atom is -0.353 e. The number of halogens is 2. The Bertz CT molecular complexity index is 1130. The Kier molecular flexibility index (Phi) is 8.73. The van der Waals surface area contributed by atoms with Gasteiger partial charge in [-0.25, -0.2) is 13.8 Å². The summed E-state index contributed by atoms with van der Waals surface area (Å²) in [7, 11) is 1.60. The molecule has 0 saturated carbocycles. The minimum absolute atomic E-state index is 0.155. The molecular formula is C25H30F2N6O2. The summed E-state index contributed by atoms with van der Waals surface area (Å²) in [4.78, 5) is 27.4. The third kappa shape index (κ3) is 6.32. The highest BCUT2D eigenvalue weighted by Crippen LogP contribution is 2.27. The van der Waals surface area contributed by atoms with E-state index >= 15 is 0 Å². The van der Waals surface area contributed by atoms with Crippen LogP contribution < -0.4 is 15.5 Å². The van der Waals surface area contributed by atoms with E-state index < -0.39 is 5.82 Å². The number of likely N-dealkylation sites (N-methyl/N-ethyl adjacent to an activating group) is 2. The monoisotopic (exact) mass is 484 g/mol. The Hall–Kier alpha value is -3.55. The van der Waals surface area contributed by atoms with Crippen molar-refractivity contribution in [2.24, 2.45) is 0 Å². The van der Waals surface area contributed by atoms with E-state index in [0.717, 1.165) is 12.1 Å². The van der Waals surface area contributed by atoms with Crippen LogP contribution >= 0.6 is 0 Å². The lowest BCUT2D eigenvalue weighted by atomic mass is 10.1. The Morgan fingerprint density at radius 1 is 1.14 bits per heavy atom. The number of nitriles is 1. The van der Waals surface area contributed by atoms with Crippen LogP contribution in [0.15, 0.2) is 30.3 Å². The molecule has 2 amide bonds. The minimum atomic E-state index is -0.663. The fourth-order valence-electron chi connectivity index (χ4n) is 4.01. The number of hydrogen-bond acceptors (Lipinski definition) is 6. The molecule has 2 aromatic rings. The van der Waals surface area contributed by atoms with Crippen LogP contribution in [0, 0.1) is 29.9 Å². The van der Waals surface area contributed by atoms with Crippen LogP contribution in [0.4, 0.5) is 14.5 Å². The van der Waals surface area contributed by atoms with Gasteiger partial charge < -0.3 is 15.5 Å². The normalized spacial score (nSPS) is 12.7. The lowest BCUT2D eigenvalue weighted by molar-refractivity contribution is -0.145. The lowest BCUT2D eigenvalue weighted by Crippen LogP contribution is -2.48. The van der Waals surface area contributed by atoms with Crippen molar-refractivity contribution in [1.29, 1.82) is 5.26 Å². The molecule has 35 heavy (non-hydrogen) atoms. The number of aryl methyl sites for hydroxylation is 1. The van der Waals surface area contributed by atoms with Crippen LogP contribution in [0.25, 0.3) is 0 Å². The van der Waals surface area contributed by atoms with Gasteiger partial charge in [0.1, 0.15) is 17.7 Å². The Morgan fingerprint density at radius 2 is 1.91 bits per heavy atom. The number of benzene rings is 2. The largest absolute Gasteiger partial charge is 0.353 e. The average molecular weight is 485 g/mol. The molecule has 1 aliphatic rings. The van der Waals surface area contributed by atoms with Gasteiger partial charge in [0.25, 0.3) is 5.91 Å². The van der Waals surface area contributed by atoms with Gasteiger partial charge in [-0.2, -0.15) is 5.26 Å². The highest BCUT2D eigenvalue weighted by molar-refractivity contribution is 5.86. The predicted octanol–water partition coefficient (Wildman–Crippen LogP) is 2.07. The van der Waals surface area contributed by atoms with E-state index in [-0.39, 0.29) is 42.8 Å². The van der Waals surface area contributed by atoms with Crippen molar-refractivity contribution in [2.75, 3.05) is 44.7 Å². The maximum atomic E-state index is 14.2. The summed E-state index contributed by atoms with van der Waals surface area (Å²) in [5.41, 5.74) is 2.11. The van der Waals surface area contributed by atoms with Crippen LogP contribution in [0.2, 0.25) is 0 Å². The second-order valence-corrected chi connectivity index (χ2v) is 8.41. The molecule has 0 unspecified atom stereocenters. The summed E-state index contributed by atoms with van der Waals surface area (Å²) in [6.07, 6.45) is 0. The van der Waals surface area contributed by atoms with Gasteiger partial charge in [-0.1, -0.05) is 19.1 Å². The highest BCUT2D eigenvalue weighted by atomic mass is 19.1. The smallest absolute Gasteiger partial charge is 0.256 e. The van der Waals surface area contributed by atoms with Crippen molar-refractivity contribution in [3.63, 3.8) is 0 Å². The van der Waals surface area contributed by atoms with Crippen molar-refractivity contribution in [3.8, 4) is 6.07 Å². The maximum Gasteiger partial charge on any atom is 0.256 e. The number of anilines is 1. The molecule has 0 fully saturated rings. The molecule has 2 N–H and O–H groups in total. The second kappa shape index (κ2) is 11.7. The molecule has 0 bridgehead atoms. The molecule has 186 valence electrons. The molecule has 0 aliphatic carbocycles. The lowest BCUT2D eigenvalue weighted by Gasteiger charge is -2.32. The third-order valence-corrected chi connectivity index (χ3v) is 5.98. The number of carbonyl (C=O) groups is 2. The first-order valence-electron chi connectivity index (χ1n) is 11.4. The highest BCUT2D eigenvalue weighted by Gasteiger charge is 2.29. The van der Waals surface area contributed by atoms with Gasteiger partial charge in [0.15, 0.2) is 0 Å². The molecule has 8 nitrogen and oxygen atoms in total. The van der Waals surface area contributed by atoms with Gasteiger partial charge in [0.05, 0.1) is 18.7 Å². The number of carbonyl (C=O) groups excluding carboxylic acids is 2. The molecular weight excluding hydrogens is 454 g/mol. The number of hydrogen-bond donors (Lipinski definition) is 2. The van der Waals surface area contributed by atoms with Gasteiger partial charge in [-0.05, 0) is 42.8 Å². The summed E-state index contributed by atoms with van der Waals surface area (Å²) >= 11 is 0. The van der Waals surface area contributed by atoms with Gasteiger partial charge in [0, 0.05) is 44.5 Å². The first-order valence-corrected chi connectivity index (χ1v) is 11.4. The first-order chi connectivity index (χ1) is 16.7. The van der Waals surface area contributed by atoms with E-state index in [1.165, 1.54) is 28.1 Å². The van der Waals surface area contributed by atoms with Crippen LogP contribution in [-0.4, -0.2) is 61.6 Å². The van der Waals surface area contributed by atoms with Crippen LogP contribution in [0.1, 0.15) is 29.2 Å². The van der Waals surface area contributed by atoms with Crippen molar-refractivity contribution in [2.45, 2.75) is 26.9 Å². The van der Waals surface area contributed by atoms with Gasteiger partial charge in [-0.3, -0.25) is 14.6 Å². The van der Waals surface area contributed by atoms with E-state index in [9.17, 15) is 23.6 Å². The van der Waals surface area contributed by atoms with E-state index in [4.69, 9.17) is 0 Å². The summed E-state index contributed by atoms with van der Waals surface area (Å²) in [6.45, 7) is 5.70. The molecule has 0 saturated heterocycles. The molecule has 0 radical (unpaired) electrons. The van der Waals surface area contributed by atoms with E-state index in [0.29, 0.717) is 36.4 Å². The Balaban J connectivity index is 1.77. The summed E-state index contributed by atoms with van der Waals surface area (Å²) in [5, 5.41) is 18.3. The van der Waals surface area contributed by atoms with Crippen molar-refractivity contribution < 1.29 is 18.4 Å². The van der Waals surface area contributed by atoms with Crippen LogP contribution in [0.5, 0.6) is 0 Å². The zero-order valence-electron chi connectivity index (χ0n) is 20.2. The number of nitrogens with one attached hydrogen (secondary N) is 2. The molecule has 1 heterocycles. The van der Waals surface area contributed by atoms with Crippen LogP contribution in [0.3, 0.4) is 0 Å². The molecule has 0 atom stereocenters. The molecule has 0 aromatic heterocycles. The van der Waals surface area contributed by atoms with Gasteiger partial charge >= 0.3 is 0 Å². The quantitative estimate of drug-likeness (QED) is 0.502. The standard InChI is InChI=1S/C25H30F2N6O2/c1-4-29-8-9-30-24(34)15-32(23-11-19(12-28)22(27)10-17(23)2)16-25(35)31(3)33-13-18-6-5-7-21(26)20(18)14-33/h5-7,10-11,29H,4,8-9,13-16H2,1-3H3,(H,30,34). The Morgan fingerprint density at radius 3 is 2.60 bits per heavy atom. The number of nitrogens with zero attached hydrogens (tertiary/aromatic N) is 4. The number of rotatable bonds is 10. The van der Waals surface area contributed by atoms with E-state index in [2.05, 4.69) is 10.6 Å². The van der Waals surface area contributed by atoms with Gasteiger partial charge in [0.2, 0.25) is 5.91 Å². The number of hydrazine groups is 1. The molecule has 2 aromatic carbocycles. The maximum absolute atomic E-state index is 14.2. The zero-order chi connectivity index (χ0) is 25.5. The van der Waals surface area contributed by atoms with Crippen molar-refractivity contribution in [3.05, 3.63) is 64.2 Å². The molecule has 10 heteroatoms. The number of fused-ring (bicyclic) bond motifs is 1. The summed E-state index contributed by atoms with van der Waals surface area (Å²) < 4.78 is 28.3. The van der Waals surface area contributed by atoms with Crippen LogP contribution in [-0.2, 0) is 22.7 Å². The number of amides is 2. The van der Waals surface area contributed by atoms with Crippen molar-refractivity contribution in [1.82, 2.24) is 20.7 Å². The second-order valence-electron chi connectivity index (χ2n) is 8.41. The first kappa shape index (κ1) is 26.1. The Labute approximate surface area is 204 Å². The summed E-state index contributed by atoms with van der Waals surface area (Å²) in [6, 6.07) is 9.24. The summed E-state index contributed by atoms with van der Waals surface area (Å²) in [5.74, 6) is -1.62. The van der Waals surface area contributed by atoms with E-state index in [1.807, 2.05) is 13.0 Å². The predicted molar refractivity (Wildman–Crippen MR) is 128 cm³/mol. The van der Waals surface area contributed by atoms with Gasteiger partial charge in [-0.15, -0.1) is 0 Å². The fraction of sp³-hybridized carbons (Fsp3) is 0.400. The topological polar surface area (TPSA) is 91.7 Å². The SMILES string of the molecule is CCNCCNC(=O)CN(CC(=O)N(C)N1Cc2cccc(F)c2C1)c1cc(C#N)c(F)cc1C.